The molecule has 1 N–H and O–H groups in total. The largest absolute Gasteiger partial charge is 0.493 e. The summed E-state index contributed by atoms with van der Waals surface area (Å²) in [6.07, 6.45) is 2.02. The Labute approximate surface area is 133 Å². The van der Waals surface area contributed by atoms with Crippen LogP contribution in [0.15, 0.2) is 53.0 Å². The molecule has 1 aliphatic rings. The van der Waals surface area contributed by atoms with Gasteiger partial charge in [-0.15, -0.1) is 0 Å². The fourth-order valence-electron chi connectivity index (χ4n) is 2.47. The van der Waals surface area contributed by atoms with Crippen molar-refractivity contribution >= 4 is 15.9 Å². The van der Waals surface area contributed by atoms with Crippen molar-refractivity contribution in [1.29, 1.82) is 0 Å². The van der Waals surface area contributed by atoms with Crippen LogP contribution in [-0.2, 0) is 11.4 Å². The third-order valence-electron chi connectivity index (χ3n) is 3.55. The summed E-state index contributed by atoms with van der Waals surface area (Å²) in [6.45, 7) is 1.31. The average Bonchev–Trinajstić information content (AvgIpc) is 2.70. The van der Waals surface area contributed by atoms with E-state index in [1.54, 1.807) is 0 Å². The Hall–Kier alpha value is -1.36. The second-order valence-electron chi connectivity index (χ2n) is 5.12. The SMILES string of the molecule is Brc1ccc2c(c1)OCCCC2NOCc1ccccc1. The fourth-order valence-corrected chi connectivity index (χ4v) is 2.81. The zero-order valence-electron chi connectivity index (χ0n) is 11.7. The van der Waals surface area contributed by atoms with Crippen LogP contribution in [-0.4, -0.2) is 6.61 Å². The number of benzene rings is 2. The van der Waals surface area contributed by atoms with E-state index in [0.717, 1.165) is 40.8 Å². The van der Waals surface area contributed by atoms with Gasteiger partial charge in [0.05, 0.1) is 19.3 Å². The van der Waals surface area contributed by atoms with Gasteiger partial charge in [0.2, 0.25) is 0 Å². The van der Waals surface area contributed by atoms with Gasteiger partial charge in [-0.2, -0.15) is 5.48 Å². The van der Waals surface area contributed by atoms with Crippen molar-refractivity contribution < 1.29 is 9.57 Å². The number of fused-ring (bicyclic) bond motifs is 1. The first-order valence-electron chi connectivity index (χ1n) is 7.16. The van der Waals surface area contributed by atoms with Gasteiger partial charge >= 0.3 is 0 Å². The van der Waals surface area contributed by atoms with Gasteiger partial charge < -0.3 is 4.74 Å². The highest BCUT2D eigenvalue weighted by atomic mass is 79.9. The predicted octanol–water partition coefficient (Wildman–Crippen LogP) is 4.38. The number of halogens is 1. The number of hydrogen-bond donors (Lipinski definition) is 1. The second kappa shape index (κ2) is 7.07. The molecular weight excluding hydrogens is 330 g/mol. The van der Waals surface area contributed by atoms with Crippen molar-refractivity contribution in [2.45, 2.75) is 25.5 Å². The highest BCUT2D eigenvalue weighted by Crippen LogP contribution is 2.33. The van der Waals surface area contributed by atoms with E-state index in [9.17, 15) is 0 Å². The molecule has 2 aromatic carbocycles. The van der Waals surface area contributed by atoms with E-state index in [4.69, 9.17) is 9.57 Å². The summed E-state index contributed by atoms with van der Waals surface area (Å²) in [5.41, 5.74) is 5.50. The van der Waals surface area contributed by atoms with Crippen LogP contribution < -0.4 is 10.2 Å². The van der Waals surface area contributed by atoms with Crippen molar-refractivity contribution in [3.05, 3.63) is 64.1 Å². The minimum absolute atomic E-state index is 0.166. The lowest BCUT2D eigenvalue weighted by Crippen LogP contribution is -2.21. The molecule has 21 heavy (non-hydrogen) atoms. The van der Waals surface area contributed by atoms with E-state index >= 15 is 0 Å². The molecule has 0 radical (unpaired) electrons. The van der Waals surface area contributed by atoms with Gasteiger partial charge in [0.15, 0.2) is 0 Å². The predicted molar refractivity (Wildman–Crippen MR) is 86.0 cm³/mol. The number of nitrogens with one attached hydrogen (secondary N) is 1. The maximum absolute atomic E-state index is 5.80. The Morgan fingerprint density at radius 3 is 2.90 bits per heavy atom. The Morgan fingerprint density at radius 2 is 2.05 bits per heavy atom. The first-order chi connectivity index (χ1) is 10.3. The molecule has 1 aliphatic heterocycles. The summed E-state index contributed by atoms with van der Waals surface area (Å²) in [5.74, 6) is 0.933. The smallest absolute Gasteiger partial charge is 0.125 e. The summed E-state index contributed by atoms with van der Waals surface area (Å²) >= 11 is 3.49. The standard InChI is InChI=1S/C17H18BrNO2/c18-14-8-9-15-16(7-4-10-20-17(15)11-14)19-21-12-13-5-2-1-3-6-13/h1-3,5-6,8-9,11,16,19H,4,7,10,12H2. The highest BCUT2D eigenvalue weighted by molar-refractivity contribution is 9.10. The molecule has 2 aromatic rings. The molecule has 0 spiro atoms. The summed E-state index contributed by atoms with van der Waals surface area (Å²) in [4.78, 5) is 5.68. The first-order valence-corrected chi connectivity index (χ1v) is 7.96. The summed E-state index contributed by atoms with van der Waals surface area (Å²) in [6, 6.07) is 16.5. The van der Waals surface area contributed by atoms with Crippen LogP contribution >= 0.6 is 15.9 Å². The van der Waals surface area contributed by atoms with E-state index in [1.165, 1.54) is 0 Å². The van der Waals surface area contributed by atoms with E-state index in [0.29, 0.717) is 6.61 Å². The van der Waals surface area contributed by atoms with Crippen LogP contribution in [0.4, 0.5) is 0 Å². The third-order valence-corrected chi connectivity index (χ3v) is 4.05. The lowest BCUT2D eigenvalue weighted by atomic mass is 10.0. The molecule has 1 heterocycles. The van der Waals surface area contributed by atoms with Gasteiger partial charge in [-0.3, -0.25) is 4.84 Å². The first kappa shape index (κ1) is 14.6. The highest BCUT2D eigenvalue weighted by Gasteiger charge is 2.20. The minimum Gasteiger partial charge on any atom is -0.493 e. The van der Waals surface area contributed by atoms with Gasteiger partial charge in [0, 0.05) is 10.0 Å². The zero-order valence-corrected chi connectivity index (χ0v) is 13.3. The maximum Gasteiger partial charge on any atom is 0.125 e. The van der Waals surface area contributed by atoms with E-state index in [-0.39, 0.29) is 6.04 Å². The van der Waals surface area contributed by atoms with Crippen LogP contribution in [0.2, 0.25) is 0 Å². The molecule has 0 amide bonds. The van der Waals surface area contributed by atoms with Crippen molar-refractivity contribution in [3.63, 3.8) is 0 Å². The molecule has 0 saturated heterocycles. The fraction of sp³-hybridized carbons (Fsp3) is 0.294. The van der Waals surface area contributed by atoms with Crippen LogP contribution in [0.25, 0.3) is 0 Å². The average molecular weight is 348 g/mol. The van der Waals surface area contributed by atoms with E-state index < -0.39 is 0 Å². The van der Waals surface area contributed by atoms with Crippen molar-refractivity contribution in [2.75, 3.05) is 6.61 Å². The van der Waals surface area contributed by atoms with Crippen LogP contribution in [0.3, 0.4) is 0 Å². The van der Waals surface area contributed by atoms with Gasteiger partial charge in [0.25, 0.3) is 0 Å². The molecule has 1 atom stereocenters. The monoisotopic (exact) mass is 347 g/mol. The van der Waals surface area contributed by atoms with Gasteiger partial charge in [-0.1, -0.05) is 52.3 Å². The number of rotatable bonds is 4. The summed E-state index contributed by atoms with van der Waals surface area (Å²) < 4.78 is 6.83. The molecule has 4 heteroatoms. The van der Waals surface area contributed by atoms with Crippen molar-refractivity contribution in [2.24, 2.45) is 0 Å². The number of ether oxygens (including phenoxy) is 1. The van der Waals surface area contributed by atoms with Crippen LogP contribution in [0.1, 0.15) is 30.0 Å². The Balaban J connectivity index is 1.65. The summed E-state index contributed by atoms with van der Waals surface area (Å²) in [7, 11) is 0. The van der Waals surface area contributed by atoms with E-state index in [2.05, 4.69) is 39.6 Å². The van der Waals surface area contributed by atoms with Crippen molar-refractivity contribution in [1.82, 2.24) is 5.48 Å². The Kier molecular flexibility index (Phi) is 4.91. The second-order valence-corrected chi connectivity index (χ2v) is 6.03. The molecule has 0 fully saturated rings. The quantitative estimate of drug-likeness (QED) is 0.832. The van der Waals surface area contributed by atoms with Gasteiger partial charge in [0.1, 0.15) is 5.75 Å². The van der Waals surface area contributed by atoms with Gasteiger partial charge in [-0.05, 0) is 30.5 Å². The van der Waals surface area contributed by atoms with Crippen LogP contribution in [0.5, 0.6) is 5.75 Å². The normalized spacial score (nSPS) is 17.7. The molecule has 0 aliphatic carbocycles. The molecule has 1 unspecified atom stereocenters. The molecule has 0 saturated carbocycles. The zero-order chi connectivity index (χ0) is 14.5. The molecule has 3 nitrogen and oxygen atoms in total. The lowest BCUT2D eigenvalue weighted by Gasteiger charge is -2.18. The molecule has 3 rings (SSSR count). The molecule has 0 aromatic heterocycles. The third kappa shape index (κ3) is 3.84. The maximum atomic E-state index is 5.80. The summed E-state index contributed by atoms with van der Waals surface area (Å²) in [5, 5.41) is 0. The number of hydrogen-bond acceptors (Lipinski definition) is 3. The van der Waals surface area contributed by atoms with Gasteiger partial charge in [-0.25, -0.2) is 0 Å². The van der Waals surface area contributed by atoms with Crippen LogP contribution in [0, 0.1) is 0 Å². The molecular formula is C17H18BrNO2. The minimum atomic E-state index is 0.166. The Bertz CT molecular complexity index is 589. The molecule has 0 bridgehead atoms. The lowest BCUT2D eigenvalue weighted by molar-refractivity contribution is 0.00114. The molecule has 110 valence electrons. The topological polar surface area (TPSA) is 30.5 Å². The van der Waals surface area contributed by atoms with E-state index in [1.807, 2.05) is 30.3 Å². The Morgan fingerprint density at radius 1 is 1.19 bits per heavy atom. The number of hydroxylamine groups is 1. The van der Waals surface area contributed by atoms with Crippen molar-refractivity contribution in [3.8, 4) is 5.75 Å².